The number of alkyl halides is 1. The van der Waals surface area contributed by atoms with Gasteiger partial charge in [-0.25, -0.2) is 0 Å². The van der Waals surface area contributed by atoms with Crippen molar-refractivity contribution in [3.8, 4) is 0 Å². The minimum absolute atomic E-state index is 0.398. The summed E-state index contributed by atoms with van der Waals surface area (Å²) >= 11 is 9.94. The molecule has 0 radical (unpaired) electrons. The molecule has 2 atom stereocenters. The summed E-state index contributed by atoms with van der Waals surface area (Å²) in [5.74, 6) is 0. The van der Waals surface area contributed by atoms with Crippen molar-refractivity contribution in [2.75, 3.05) is 18.1 Å². The van der Waals surface area contributed by atoms with Crippen LogP contribution in [-0.2, 0) is 10.1 Å². The van der Waals surface area contributed by atoms with Crippen molar-refractivity contribution in [1.29, 1.82) is 0 Å². The molecule has 1 aromatic carbocycles. The molecule has 1 saturated heterocycles. The van der Waals surface area contributed by atoms with Crippen molar-refractivity contribution in [1.82, 2.24) is 0 Å². The molecule has 0 bridgehead atoms. The first kappa shape index (κ1) is 13.7. The Hall–Kier alpha value is -0.250. The first-order valence-corrected chi connectivity index (χ1v) is 8.52. The molecule has 2 fully saturated rings. The minimum atomic E-state index is 0.398. The van der Waals surface area contributed by atoms with Gasteiger partial charge in [-0.05, 0) is 30.5 Å². The van der Waals surface area contributed by atoms with E-state index in [1.807, 2.05) is 0 Å². The van der Waals surface area contributed by atoms with Crippen LogP contribution in [-0.4, -0.2) is 25.3 Å². The third-order valence-corrected chi connectivity index (χ3v) is 5.16. The molecule has 0 spiro atoms. The number of rotatable bonds is 2. The van der Waals surface area contributed by atoms with Gasteiger partial charge in [-0.1, -0.05) is 46.4 Å². The number of fused-ring (bicyclic) bond motifs is 1. The molecule has 1 aliphatic heterocycles. The van der Waals surface area contributed by atoms with Crippen LogP contribution in [0.2, 0.25) is 5.02 Å². The Morgan fingerprint density at radius 2 is 2.16 bits per heavy atom. The molecular formula is C15H19BrClNO. The summed E-state index contributed by atoms with van der Waals surface area (Å²) in [6.45, 7) is 1.77. The second-order valence-corrected chi connectivity index (χ2v) is 6.34. The second-order valence-electron chi connectivity index (χ2n) is 5.37. The molecule has 2 unspecified atom stereocenters. The monoisotopic (exact) mass is 343 g/mol. The fourth-order valence-electron chi connectivity index (χ4n) is 3.26. The molecule has 0 amide bonds. The van der Waals surface area contributed by atoms with E-state index in [9.17, 15) is 0 Å². The van der Waals surface area contributed by atoms with Gasteiger partial charge in [-0.15, -0.1) is 0 Å². The van der Waals surface area contributed by atoms with Gasteiger partial charge >= 0.3 is 0 Å². The lowest BCUT2D eigenvalue weighted by molar-refractivity contribution is -0.00866. The summed E-state index contributed by atoms with van der Waals surface area (Å²) in [7, 11) is 0. The second kappa shape index (κ2) is 6.02. The van der Waals surface area contributed by atoms with Crippen LogP contribution >= 0.6 is 27.5 Å². The lowest BCUT2D eigenvalue weighted by Gasteiger charge is -2.45. The smallest absolute Gasteiger partial charge is 0.0779 e. The van der Waals surface area contributed by atoms with E-state index in [-0.39, 0.29) is 0 Å². The molecule has 2 aliphatic rings. The van der Waals surface area contributed by atoms with Gasteiger partial charge in [0, 0.05) is 11.9 Å². The lowest BCUT2D eigenvalue weighted by Crippen LogP contribution is -2.52. The summed E-state index contributed by atoms with van der Waals surface area (Å²) in [5, 5.41) is 1.71. The molecule has 2 nitrogen and oxygen atoms in total. The maximum absolute atomic E-state index is 6.47. The van der Waals surface area contributed by atoms with Gasteiger partial charge in [0.05, 0.1) is 29.5 Å². The van der Waals surface area contributed by atoms with Gasteiger partial charge in [0.1, 0.15) is 0 Å². The van der Waals surface area contributed by atoms with Crippen LogP contribution < -0.4 is 4.90 Å². The average Bonchev–Trinajstić information content (AvgIpc) is 2.46. The summed E-state index contributed by atoms with van der Waals surface area (Å²) < 4.78 is 5.93. The molecule has 4 heteroatoms. The summed E-state index contributed by atoms with van der Waals surface area (Å²) in [6, 6.07) is 6.90. The van der Waals surface area contributed by atoms with Crippen LogP contribution in [0.4, 0.5) is 5.69 Å². The van der Waals surface area contributed by atoms with E-state index < -0.39 is 0 Å². The topological polar surface area (TPSA) is 12.5 Å². The van der Waals surface area contributed by atoms with Gasteiger partial charge < -0.3 is 9.64 Å². The first-order valence-electron chi connectivity index (χ1n) is 7.02. The van der Waals surface area contributed by atoms with Crippen molar-refractivity contribution in [3.63, 3.8) is 0 Å². The Morgan fingerprint density at radius 1 is 1.32 bits per heavy atom. The van der Waals surface area contributed by atoms with Crippen molar-refractivity contribution in [2.45, 2.75) is 43.2 Å². The molecule has 0 aromatic heterocycles. The van der Waals surface area contributed by atoms with Gasteiger partial charge in [0.2, 0.25) is 0 Å². The molecule has 1 saturated carbocycles. The summed E-state index contributed by atoms with van der Waals surface area (Å²) in [5.41, 5.74) is 2.40. The van der Waals surface area contributed by atoms with Crippen molar-refractivity contribution in [3.05, 3.63) is 28.8 Å². The van der Waals surface area contributed by atoms with Crippen molar-refractivity contribution in [2.24, 2.45) is 0 Å². The van der Waals surface area contributed by atoms with Gasteiger partial charge in [-0.2, -0.15) is 0 Å². The SMILES string of the molecule is Clc1cc(CBr)ccc1N1CCOC2CCCCC21. The van der Waals surface area contributed by atoms with Crippen molar-refractivity contribution < 1.29 is 4.74 Å². The number of hydrogen-bond donors (Lipinski definition) is 0. The lowest BCUT2D eigenvalue weighted by atomic mass is 9.89. The Morgan fingerprint density at radius 3 is 2.95 bits per heavy atom. The highest BCUT2D eigenvalue weighted by atomic mass is 79.9. The number of halogens is 2. The molecule has 3 rings (SSSR count). The highest BCUT2D eigenvalue weighted by Gasteiger charge is 2.34. The number of morpholine rings is 1. The first-order chi connectivity index (χ1) is 9.29. The molecular weight excluding hydrogens is 326 g/mol. The maximum atomic E-state index is 6.47. The van der Waals surface area contributed by atoms with Crippen LogP contribution in [0.5, 0.6) is 0 Å². The zero-order valence-corrected chi connectivity index (χ0v) is 13.3. The highest BCUT2D eigenvalue weighted by molar-refractivity contribution is 9.08. The number of hydrogen-bond acceptors (Lipinski definition) is 2. The standard InChI is InChI=1S/C15H19BrClNO/c16-10-11-5-6-13(12(17)9-11)18-7-8-19-15-4-2-1-3-14(15)18/h5-6,9,14-15H,1-4,7-8,10H2. The summed E-state index contributed by atoms with van der Waals surface area (Å²) in [4.78, 5) is 2.47. The fraction of sp³-hybridized carbons (Fsp3) is 0.600. The quantitative estimate of drug-likeness (QED) is 0.738. The number of nitrogens with zero attached hydrogens (tertiary/aromatic N) is 1. The molecule has 19 heavy (non-hydrogen) atoms. The number of benzene rings is 1. The van der Waals surface area contributed by atoms with E-state index in [0.29, 0.717) is 12.1 Å². The normalized spacial score (nSPS) is 27.2. The number of ether oxygens (including phenoxy) is 1. The van der Waals surface area contributed by atoms with Crippen LogP contribution in [0.15, 0.2) is 18.2 Å². The van der Waals surface area contributed by atoms with E-state index >= 15 is 0 Å². The van der Waals surface area contributed by atoms with E-state index in [4.69, 9.17) is 16.3 Å². The van der Waals surface area contributed by atoms with Crippen LogP contribution in [0.1, 0.15) is 31.2 Å². The molecule has 1 heterocycles. The molecule has 104 valence electrons. The molecule has 0 N–H and O–H groups in total. The maximum Gasteiger partial charge on any atom is 0.0779 e. The Kier molecular flexibility index (Phi) is 4.35. The largest absolute Gasteiger partial charge is 0.374 e. The van der Waals surface area contributed by atoms with Crippen LogP contribution in [0.3, 0.4) is 0 Å². The van der Waals surface area contributed by atoms with Crippen LogP contribution in [0.25, 0.3) is 0 Å². The van der Waals surface area contributed by atoms with Crippen molar-refractivity contribution >= 4 is 33.2 Å². The predicted octanol–water partition coefficient (Wildman–Crippen LogP) is 4.38. The Bertz CT molecular complexity index is 452. The van der Waals surface area contributed by atoms with E-state index in [2.05, 4.69) is 39.0 Å². The highest BCUT2D eigenvalue weighted by Crippen LogP contribution is 2.36. The average molecular weight is 345 g/mol. The van der Waals surface area contributed by atoms with Gasteiger partial charge in [0.25, 0.3) is 0 Å². The molecule has 1 aliphatic carbocycles. The molecule has 1 aromatic rings. The summed E-state index contributed by atoms with van der Waals surface area (Å²) in [6.07, 6.45) is 5.41. The third-order valence-electron chi connectivity index (χ3n) is 4.21. The third kappa shape index (κ3) is 2.79. The Labute approximate surface area is 128 Å². The Balaban J connectivity index is 1.87. The van der Waals surface area contributed by atoms with E-state index in [1.165, 1.54) is 36.9 Å². The zero-order valence-electron chi connectivity index (χ0n) is 10.9. The number of anilines is 1. The van der Waals surface area contributed by atoms with Gasteiger partial charge in [0.15, 0.2) is 0 Å². The van der Waals surface area contributed by atoms with Crippen LogP contribution in [0, 0.1) is 0 Å². The minimum Gasteiger partial charge on any atom is -0.374 e. The zero-order chi connectivity index (χ0) is 13.2. The van der Waals surface area contributed by atoms with Gasteiger partial charge in [-0.3, -0.25) is 0 Å². The van der Waals surface area contributed by atoms with E-state index in [0.717, 1.165) is 23.5 Å². The fourth-order valence-corrected chi connectivity index (χ4v) is 3.92. The van der Waals surface area contributed by atoms with E-state index in [1.54, 1.807) is 0 Å². The predicted molar refractivity (Wildman–Crippen MR) is 83.4 cm³/mol.